The summed E-state index contributed by atoms with van der Waals surface area (Å²) in [7, 11) is 1.48. The van der Waals surface area contributed by atoms with E-state index in [9.17, 15) is 9.65 Å². The average Bonchev–Trinajstić information content (AvgIpc) is 2.74. The van der Waals surface area contributed by atoms with E-state index < -0.39 is 5.82 Å². The zero-order valence-electron chi connectivity index (χ0n) is 15.8. The van der Waals surface area contributed by atoms with Crippen molar-refractivity contribution in [3.8, 4) is 17.6 Å². The van der Waals surface area contributed by atoms with Gasteiger partial charge in [-0.2, -0.15) is 5.26 Å². The molecule has 0 bridgehead atoms. The van der Waals surface area contributed by atoms with Crippen LogP contribution < -0.4 is 9.47 Å². The maximum Gasteiger partial charge on any atom is 0.180 e. The van der Waals surface area contributed by atoms with Crippen LogP contribution in [-0.2, 0) is 6.61 Å². The molecule has 7 heteroatoms. The second-order valence-corrected chi connectivity index (χ2v) is 7.44. The molecule has 0 saturated heterocycles. The molecule has 3 nitrogen and oxygen atoms in total. The van der Waals surface area contributed by atoms with Crippen LogP contribution in [0.25, 0.3) is 11.6 Å². The lowest BCUT2D eigenvalue weighted by atomic mass is 10.0. The maximum absolute atomic E-state index is 14.1. The summed E-state index contributed by atoms with van der Waals surface area (Å²) in [4.78, 5) is 0. The van der Waals surface area contributed by atoms with Gasteiger partial charge in [-0.05, 0) is 47.5 Å². The molecule has 0 atom stereocenters. The van der Waals surface area contributed by atoms with Crippen molar-refractivity contribution in [1.82, 2.24) is 0 Å². The highest BCUT2D eigenvalue weighted by Gasteiger charge is 2.14. The van der Waals surface area contributed by atoms with Gasteiger partial charge in [0, 0.05) is 5.56 Å². The minimum absolute atomic E-state index is 0.163. The molecule has 0 heterocycles. The lowest BCUT2D eigenvalue weighted by Gasteiger charge is -2.14. The van der Waals surface area contributed by atoms with Crippen LogP contribution in [0.1, 0.15) is 16.7 Å². The quantitative estimate of drug-likeness (QED) is 0.282. The molecular weight excluding hydrogens is 448 g/mol. The fraction of sp³-hybridized carbons (Fsp3) is 0.0870. The van der Waals surface area contributed by atoms with Crippen LogP contribution in [0, 0.1) is 17.1 Å². The van der Waals surface area contributed by atoms with Gasteiger partial charge in [0.1, 0.15) is 12.4 Å². The number of rotatable bonds is 6. The van der Waals surface area contributed by atoms with Crippen molar-refractivity contribution in [2.45, 2.75) is 6.61 Å². The number of hydrogen-bond donors (Lipinski definition) is 0. The largest absolute Gasteiger partial charge is 0.493 e. The summed E-state index contributed by atoms with van der Waals surface area (Å²) in [6.45, 7) is 0.195. The molecule has 0 radical (unpaired) electrons. The van der Waals surface area contributed by atoms with E-state index in [-0.39, 0.29) is 22.8 Å². The lowest BCUT2D eigenvalue weighted by molar-refractivity contribution is 0.284. The second-order valence-electron chi connectivity index (χ2n) is 6.22. The minimum atomic E-state index is -0.482. The van der Waals surface area contributed by atoms with Gasteiger partial charge in [0.2, 0.25) is 0 Å². The molecule has 0 aromatic heterocycles. The Bertz CT molecular complexity index is 1160. The van der Waals surface area contributed by atoms with Crippen molar-refractivity contribution in [1.29, 1.82) is 5.26 Å². The summed E-state index contributed by atoms with van der Waals surface area (Å²) in [6.07, 6.45) is 1.54. The van der Waals surface area contributed by atoms with E-state index in [0.29, 0.717) is 27.1 Å². The molecule has 0 spiro atoms. The molecule has 0 fully saturated rings. The highest BCUT2D eigenvalue weighted by Crippen LogP contribution is 2.38. The van der Waals surface area contributed by atoms with Crippen LogP contribution in [0.5, 0.6) is 11.5 Å². The van der Waals surface area contributed by atoms with E-state index in [2.05, 4.69) is 0 Å². The topological polar surface area (TPSA) is 42.2 Å². The molecule has 0 aliphatic heterocycles. The van der Waals surface area contributed by atoms with Crippen molar-refractivity contribution in [2.24, 2.45) is 0 Å². The Morgan fingerprint density at radius 2 is 1.80 bits per heavy atom. The zero-order chi connectivity index (χ0) is 21.7. The van der Waals surface area contributed by atoms with Crippen molar-refractivity contribution >= 4 is 46.5 Å². The monoisotopic (exact) mass is 461 g/mol. The van der Waals surface area contributed by atoms with Crippen molar-refractivity contribution in [3.63, 3.8) is 0 Å². The molecule has 30 heavy (non-hydrogen) atoms. The van der Waals surface area contributed by atoms with Crippen LogP contribution in [0.15, 0.2) is 54.6 Å². The number of benzene rings is 3. The number of halogens is 4. The molecule has 0 amide bonds. The molecule has 0 aliphatic rings. The van der Waals surface area contributed by atoms with Gasteiger partial charge in [0.15, 0.2) is 11.5 Å². The highest BCUT2D eigenvalue weighted by atomic mass is 35.5. The van der Waals surface area contributed by atoms with Crippen molar-refractivity contribution < 1.29 is 13.9 Å². The molecule has 3 rings (SSSR count). The standard InChI is InChI=1S/C23H15Cl3FNO2/c1-29-22-11-15(8-16(12-28)17-4-2-3-5-21(17)27)10-20(26)23(22)30-13-14-6-7-18(24)19(25)9-14/h2-11H,13H2,1H3. The molecule has 0 N–H and O–H groups in total. The summed E-state index contributed by atoms with van der Waals surface area (Å²) >= 11 is 18.4. The van der Waals surface area contributed by atoms with Gasteiger partial charge in [0.05, 0.1) is 33.8 Å². The summed E-state index contributed by atoms with van der Waals surface area (Å²) in [5.41, 5.74) is 1.74. The summed E-state index contributed by atoms with van der Waals surface area (Å²) in [5.74, 6) is 0.233. The van der Waals surface area contributed by atoms with Gasteiger partial charge >= 0.3 is 0 Å². The van der Waals surface area contributed by atoms with Crippen LogP contribution in [0.4, 0.5) is 4.39 Å². The van der Waals surface area contributed by atoms with Gasteiger partial charge in [-0.1, -0.05) is 59.1 Å². The Kier molecular flexibility index (Phi) is 7.23. The summed E-state index contributed by atoms with van der Waals surface area (Å²) < 4.78 is 25.3. The lowest BCUT2D eigenvalue weighted by Crippen LogP contribution is -1.99. The fourth-order valence-electron chi connectivity index (χ4n) is 2.76. The number of nitriles is 1. The number of hydrogen-bond acceptors (Lipinski definition) is 3. The van der Waals surface area contributed by atoms with Crippen LogP contribution in [0.2, 0.25) is 15.1 Å². The second kappa shape index (κ2) is 9.86. The third-order valence-corrected chi connectivity index (χ3v) is 5.23. The van der Waals surface area contributed by atoms with Crippen LogP contribution in [-0.4, -0.2) is 7.11 Å². The van der Waals surface area contributed by atoms with Gasteiger partial charge < -0.3 is 9.47 Å². The minimum Gasteiger partial charge on any atom is -0.493 e. The number of ether oxygens (including phenoxy) is 2. The number of nitrogens with zero attached hydrogens (tertiary/aromatic N) is 1. The molecule has 3 aromatic rings. The Balaban J connectivity index is 1.91. The molecule has 0 aliphatic carbocycles. The molecule has 0 saturated carbocycles. The third kappa shape index (κ3) is 5.06. The third-order valence-electron chi connectivity index (χ3n) is 4.21. The summed E-state index contributed by atoms with van der Waals surface area (Å²) in [5, 5.41) is 10.6. The van der Waals surface area contributed by atoms with E-state index in [0.717, 1.165) is 5.56 Å². The highest BCUT2D eigenvalue weighted by molar-refractivity contribution is 6.42. The van der Waals surface area contributed by atoms with Crippen molar-refractivity contribution in [3.05, 3.63) is 92.2 Å². The van der Waals surface area contributed by atoms with Gasteiger partial charge in [0.25, 0.3) is 0 Å². The van der Waals surface area contributed by atoms with Gasteiger partial charge in [-0.15, -0.1) is 0 Å². The Hall–Kier alpha value is -2.71. The van der Waals surface area contributed by atoms with E-state index in [1.807, 2.05) is 6.07 Å². The van der Waals surface area contributed by atoms with E-state index in [1.54, 1.807) is 42.5 Å². The molecule has 152 valence electrons. The molecular formula is C23H15Cl3FNO2. The first kappa shape index (κ1) is 22.0. The van der Waals surface area contributed by atoms with E-state index in [1.165, 1.54) is 25.3 Å². The average molecular weight is 463 g/mol. The fourth-order valence-corrected chi connectivity index (χ4v) is 3.36. The van der Waals surface area contributed by atoms with Crippen LogP contribution in [0.3, 0.4) is 0 Å². The smallest absolute Gasteiger partial charge is 0.180 e. The molecule has 0 unspecified atom stereocenters. The van der Waals surface area contributed by atoms with Gasteiger partial charge in [-0.25, -0.2) is 4.39 Å². The van der Waals surface area contributed by atoms with Crippen molar-refractivity contribution in [2.75, 3.05) is 7.11 Å². The normalized spacial score (nSPS) is 11.1. The van der Waals surface area contributed by atoms with Gasteiger partial charge in [-0.3, -0.25) is 0 Å². The Morgan fingerprint density at radius 3 is 2.47 bits per heavy atom. The Labute approximate surface area is 188 Å². The summed E-state index contributed by atoms with van der Waals surface area (Å²) in [6, 6.07) is 16.5. The predicted octanol–water partition coefficient (Wildman–Crippen LogP) is 7.44. The first-order valence-corrected chi connectivity index (χ1v) is 9.87. The molecule has 3 aromatic carbocycles. The van der Waals surface area contributed by atoms with Crippen LogP contribution >= 0.6 is 34.8 Å². The van der Waals surface area contributed by atoms with E-state index >= 15 is 0 Å². The predicted molar refractivity (Wildman–Crippen MR) is 119 cm³/mol. The number of allylic oxidation sites excluding steroid dienone is 1. The maximum atomic E-state index is 14.1. The zero-order valence-corrected chi connectivity index (χ0v) is 18.0. The Morgan fingerprint density at radius 1 is 1.03 bits per heavy atom. The van der Waals surface area contributed by atoms with E-state index in [4.69, 9.17) is 44.3 Å². The first-order chi connectivity index (χ1) is 14.4. The first-order valence-electron chi connectivity index (χ1n) is 8.74. The SMILES string of the molecule is COc1cc(C=C(C#N)c2ccccc2F)cc(Cl)c1OCc1ccc(Cl)c(Cl)c1. The number of methoxy groups -OCH3 is 1.